The first-order chi connectivity index (χ1) is 9.21. The third kappa shape index (κ3) is 2.41. The summed E-state index contributed by atoms with van der Waals surface area (Å²) in [5, 5.41) is 10.8. The molecule has 2 aromatic rings. The monoisotopic (exact) mass is 268 g/mol. The van der Waals surface area contributed by atoms with Crippen LogP contribution in [0.3, 0.4) is 0 Å². The fourth-order valence-electron chi connectivity index (χ4n) is 2.91. The number of rotatable bonds is 2. The number of hydrogen-bond acceptors (Lipinski definition) is 3. The van der Waals surface area contributed by atoms with Gasteiger partial charge in [0.25, 0.3) is 0 Å². The van der Waals surface area contributed by atoms with Crippen LogP contribution >= 0.6 is 11.3 Å². The predicted octanol–water partition coefficient (Wildman–Crippen LogP) is 3.69. The van der Waals surface area contributed by atoms with E-state index >= 15 is 0 Å². The third-order valence-electron chi connectivity index (χ3n) is 3.94. The summed E-state index contributed by atoms with van der Waals surface area (Å²) < 4.78 is 0. The first-order valence-electron chi connectivity index (χ1n) is 6.60. The van der Waals surface area contributed by atoms with E-state index in [4.69, 9.17) is 0 Å². The molecule has 0 N–H and O–H groups in total. The number of aromatic nitrogens is 1. The molecule has 0 aliphatic heterocycles. The van der Waals surface area contributed by atoms with E-state index in [1.807, 2.05) is 13.1 Å². The second-order valence-corrected chi connectivity index (χ2v) is 6.68. The van der Waals surface area contributed by atoms with Gasteiger partial charge in [0.1, 0.15) is 0 Å². The van der Waals surface area contributed by atoms with E-state index in [0.29, 0.717) is 0 Å². The van der Waals surface area contributed by atoms with Crippen molar-refractivity contribution in [3.05, 3.63) is 51.5 Å². The maximum atomic E-state index is 9.67. The molecule has 3 rings (SSSR count). The predicted molar refractivity (Wildman–Crippen MR) is 77.1 cm³/mol. The van der Waals surface area contributed by atoms with Gasteiger partial charge in [0.05, 0.1) is 16.5 Å². The molecule has 1 aliphatic carbocycles. The minimum atomic E-state index is -0.243. The smallest absolute Gasteiger partial charge is 0.0896 e. The Morgan fingerprint density at radius 1 is 1.37 bits per heavy atom. The normalized spacial score (nSPS) is 21.7. The van der Waals surface area contributed by atoms with E-state index in [1.165, 1.54) is 16.0 Å². The van der Waals surface area contributed by atoms with E-state index in [1.54, 1.807) is 11.3 Å². The van der Waals surface area contributed by atoms with Gasteiger partial charge < -0.3 is 0 Å². The molecule has 3 heteroatoms. The Labute approximate surface area is 117 Å². The average molecular weight is 268 g/mol. The van der Waals surface area contributed by atoms with Crippen molar-refractivity contribution in [3.63, 3.8) is 0 Å². The summed E-state index contributed by atoms with van der Waals surface area (Å²) >= 11 is 1.71. The molecule has 0 bridgehead atoms. The fraction of sp³-hybridized carbons (Fsp3) is 0.375. The fourth-order valence-corrected chi connectivity index (χ4v) is 3.85. The highest BCUT2D eigenvalue weighted by atomic mass is 32.1. The quantitative estimate of drug-likeness (QED) is 0.833. The number of benzene rings is 1. The Balaban J connectivity index is 1.88. The van der Waals surface area contributed by atoms with Crippen molar-refractivity contribution < 1.29 is 0 Å². The van der Waals surface area contributed by atoms with Gasteiger partial charge in [-0.25, -0.2) is 4.98 Å². The summed E-state index contributed by atoms with van der Waals surface area (Å²) in [7, 11) is 0. The van der Waals surface area contributed by atoms with Gasteiger partial charge in [0, 0.05) is 17.5 Å². The van der Waals surface area contributed by atoms with Crippen LogP contribution in [0.5, 0.6) is 0 Å². The highest BCUT2D eigenvalue weighted by Crippen LogP contribution is 2.38. The van der Waals surface area contributed by atoms with E-state index in [-0.39, 0.29) is 5.41 Å². The first-order valence-corrected chi connectivity index (χ1v) is 7.42. The SMILES string of the molecule is Cc1ncc(CC2(C#N)CCc3ccccc3C2)s1. The maximum absolute atomic E-state index is 9.67. The first kappa shape index (κ1) is 12.4. The van der Waals surface area contributed by atoms with E-state index in [0.717, 1.165) is 30.7 Å². The van der Waals surface area contributed by atoms with Crippen molar-refractivity contribution in [3.8, 4) is 6.07 Å². The van der Waals surface area contributed by atoms with E-state index in [2.05, 4.69) is 35.3 Å². The minimum Gasteiger partial charge on any atom is -0.250 e. The van der Waals surface area contributed by atoms with Crippen LogP contribution < -0.4 is 0 Å². The summed E-state index contributed by atoms with van der Waals surface area (Å²) in [6.45, 7) is 2.02. The summed E-state index contributed by atoms with van der Waals surface area (Å²) in [5.41, 5.74) is 2.51. The van der Waals surface area contributed by atoms with Gasteiger partial charge in [-0.1, -0.05) is 24.3 Å². The molecule has 1 unspecified atom stereocenters. The zero-order valence-corrected chi connectivity index (χ0v) is 11.8. The second-order valence-electron chi connectivity index (χ2n) is 5.36. The zero-order chi connectivity index (χ0) is 13.3. The van der Waals surface area contributed by atoms with Crippen LogP contribution in [-0.4, -0.2) is 4.98 Å². The molecular weight excluding hydrogens is 252 g/mol. The standard InChI is InChI=1S/C16H16N2S/c1-12-18-10-15(19-12)9-16(11-17)7-6-13-4-2-3-5-14(13)8-16/h2-5,10H,6-9H2,1H3. The van der Waals surface area contributed by atoms with Gasteiger partial charge in [-0.05, 0) is 37.3 Å². The number of nitriles is 1. The highest BCUT2D eigenvalue weighted by molar-refractivity contribution is 7.11. The summed E-state index contributed by atoms with van der Waals surface area (Å²) in [5.74, 6) is 0. The van der Waals surface area contributed by atoms with E-state index < -0.39 is 0 Å². The Bertz CT molecular complexity index is 638. The molecule has 0 saturated carbocycles. The van der Waals surface area contributed by atoms with Crippen LogP contribution in [-0.2, 0) is 19.3 Å². The molecule has 1 aromatic heterocycles. The number of fused-ring (bicyclic) bond motifs is 1. The second kappa shape index (κ2) is 4.79. The molecule has 0 spiro atoms. The molecule has 0 fully saturated rings. The van der Waals surface area contributed by atoms with Crippen molar-refractivity contribution in [1.29, 1.82) is 5.26 Å². The Kier molecular flexibility index (Phi) is 3.12. The third-order valence-corrected chi connectivity index (χ3v) is 4.85. The molecule has 1 atom stereocenters. The molecule has 0 amide bonds. The molecule has 19 heavy (non-hydrogen) atoms. The van der Waals surface area contributed by atoms with Crippen LogP contribution in [0.25, 0.3) is 0 Å². The summed E-state index contributed by atoms with van der Waals surface area (Å²) in [6, 6.07) is 11.1. The lowest BCUT2D eigenvalue weighted by Crippen LogP contribution is -2.29. The molecular formula is C16H16N2S. The van der Waals surface area contributed by atoms with Gasteiger partial charge in [0.2, 0.25) is 0 Å². The van der Waals surface area contributed by atoms with Gasteiger partial charge in [-0.2, -0.15) is 5.26 Å². The van der Waals surface area contributed by atoms with Crippen LogP contribution in [0.1, 0.15) is 27.4 Å². The number of hydrogen-bond donors (Lipinski definition) is 0. The summed E-state index contributed by atoms with van der Waals surface area (Å²) in [4.78, 5) is 5.54. The molecule has 1 aliphatic rings. The van der Waals surface area contributed by atoms with Crippen molar-refractivity contribution in [1.82, 2.24) is 4.98 Å². The van der Waals surface area contributed by atoms with Gasteiger partial charge in [0.15, 0.2) is 0 Å². The summed E-state index contributed by atoms with van der Waals surface area (Å²) in [6.07, 6.45) is 5.61. The topological polar surface area (TPSA) is 36.7 Å². The molecule has 96 valence electrons. The average Bonchev–Trinajstić information content (AvgIpc) is 2.84. The molecule has 0 saturated heterocycles. The lowest BCUT2D eigenvalue weighted by molar-refractivity contribution is 0.342. The minimum absolute atomic E-state index is 0.243. The lowest BCUT2D eigenvalue weighted by atomic mass is 9.70. The van der Waals surface area contributed by atoms with Crippen LogP contribution in [0.2, 0.25) is 0 Å². The van der Waals surface area contributed by atoms with Gasteiger partial charge >= 0.3 is 0 Å². The number of thiazole rings is 1. The Morgan fingerprint density at radius 3 is 2.84 bits per heavy atom. The van der Waals surface area contributed by atoms with Crippen LogP contribution in [0.4, 0.5) is 0 Å². The van der Waals surface area contributed by atoms with E-state index in [9.17, 15) is 5.26 Å². The largest absolute Gasteiger partial charge is 0.250 e. The van der Waals surface area contributed by atoms with Crippen LogP contribution in [0.15, 0.2) is 30.5 Å². The molecule has 2 nitrogen and oxygen atoms in total. The maximum Gasteiger partial charge on any atom is 0.0896 e. The van der Waals surface area contributed by atoms with Crippen molar-refractivity contribution in [2.45, 2.75) is 32.6 Å². The molecule has 0 radical (unpaired) electrons. The van der Waals surface area contributed by atoms with Gasteiger partial charge in [-0.15, -0.1) is 11.3 Å². The zero-order valence-electron chi connectivity index (χ0n) is 11.0. The van der Waals surface area contributed by atoms with Crippen molar-refractivity contribution in [2.24, 2.45) is 5.41 Å². The number of nitrogens with zero attached hydrogens (tertiary/aromatic N) is 2. The van der Waals surface area contributed by atoms with Crippen LogP contribution in [0, 0.1) is 23.7 Å². The lowest BCUT2D eigenvalue weighted by Gasteiger charge is -2.31. The molecule has 1 heterocycles. The molecule has 1 aromatic carbocycles. The Hall–Kier alpha value is -1.66. The van der Waals surface area contributed by atoms with Crippen molar-refractivity contribution >= 4 is 11.3 Å². The highest BCUT2D eigenvalue weighted by Gasteiger charge is 2.35. The Morgan fingerprint density at radius 2 is 2.16 bits per heavy atom. The number of aryl methyl sites for hydroxylation is 2. The van der Waals surface area contributed by atoms with Gasteiger partial charge in [-0.3, -0.25) is 0 Å². The van der Waals surface area contributed by atoms with Crippen molar-refractivity contribution in [2.75, 3.05) is 0 Å².